The van der Waals surface area contributed by atoms with Crippen molar-refractivity contribution in [2.45, 2.75) is 6.42 Å². The zero-order valence-electron chi connectivity index (χ0n) is 8.20. The number of benzene rings is 1. The quantitative estimate of drug-likeness (QED) is 0.469. The van der Waals surface area contributed by atoms with Crippen LogP contribution in [0.4, 0.5) is 0 Å². The molecule has 0 amide bonds. The molecule has 0 bridgehead atoms. The molecule has 3 rings (SSSR count). The average Bonchev–Trinajstić information content (AvgIpc) is 2.59. The summed E-state index contributed by atoms with van der Waals surface area (Å²) < 4.78 is 2.22. The Hall–Kier alpha value is -1.63. The van der Waals surface area contributed by atoms with Crippen LogP contribution in [0, 0.1) is 0 Å². The number of aryl methyl sites for hydroxylation is 1. The summed E-state index contributed by atoms with van der Waals surface area (Å²) in [7, 11) is 2.12. The van der Waals surface area contributed by atoms with Crippen molar-refractivity contribution in [3.63, 3.8) is 0 Å². The van der Waals surface area contributed by atoms with E-state index in [4.69, 9.17) is 0 Å². The van der Waals surface area contributed by atoms with Crippen molar-refractivity contribution in [2.24, 2.45) is 7.05 Å². The van der Waals surface area contributed by atoms with Crippen LogP contribution >= 0.6 is 0 Å². The molecule has 0 saturated heterocycles. The Labute approximate surface area is 83.6 Å². The van der Waals surface area contributed by atoms with E-state index in [0.29, 0.717) is 0 Å². The van der Waals surface area contributed by atoms with Crippen LogP contribution in [0.2, 0.25) is 0 Å². The number of fused-ring (bicyclic) bond motifs is 3. The lowest BCUT2D eigenvalue weighted by molar-refractivity contribution is -0.677. The van der Waals surface area contributed by atoms with Crippen LogP contribution in [0.25, 0.3) is 11.1 Å². The van der Waals surface area contributed by atoms with Gasteiger partial charge in [0.2, 0.25) is 0 Å². The Balaban J connectivity index is 2.33. The van der Waals surface area contributed by atoms with Gasteiger partial charge in [-0.15, -0.1) is 0 Å². The van der Waals surface area contributed by atoms with Gasteiger partial charge in [0.15, 0.2) is 11.9 Å². The predicted octanol–water partition coefficient (Wildman–Crippen LogP) is 2.08. The largest absolute Gasteiger partial charge is 0.204 e. The van der Waals surface area contributed by atoms with Gasteiger partial charge < -0.3 is 0 Å². The molecule has 1 aliphatic rings. The van der Waals surface area contributed by atoms with E-state index < -0.39 is 0 Å². The molecule has 1 aliphatic carbocycles. The molecule has 0 spiro atoms. The Morgan fingerprint density at radius 1 is 1.00 bits per heavy atom. The first-order chi connectivity index (χ1) is 6.86. The molecule has 1 heterocycles. The van der Waals surface area contributed by atoms with Crippen molar-refractivity contribution in [1.82, 2.24) is 0 Å². The number of pyridine rings is 1. The number of nitrogens with zero attached hydrogens (tertiary/aromatic N) is 1. The van der Waals surface area contributed by atoms with Crippen molar-refractivity contribution in [2.75, 3.05) is 0 Å². The molecule has 0 N–H and O–H groups in total. The molecule has 14 heavy (non-hydrogen) atoms. The highest BCUT2D eigenvalue weighted by molar-refractivity contribution is 5.73. The van der Waals surface area contributed by atoms with Gasteiger partial charge in [0, 0.05) is 11.6 Å². The van der Waals surface area contributed by atoms with E-state index in [1.54, 1.807) is 0 Å². The molecule has 68 valence electrons. The third kappa shape index (κ3) is 0.925. The minimum atomic E-state index is 1.07. The molecular weight excluding hydrogens is 170 g/mol. The highest BCUT2D eigenvalue weighted by Gasteiger charge is 2.24. The summed E-state index contributed by atoms with van der Waals surface area (Å²) >= 11 is 0. The van der Waals surface area contributed by atoms with E-state index >= 15 is 0 Å². The summed E-state index contributed by atoms with van der Waals surface area (Å²) in [5, 5.41) is 0. The van der Waals surface area contributed by atoms with Crippen LogP contribution in [-0.4, -0.2) is 0 Å². The topological polar surface area (TPSA) is 3.88 Å². The standard InChI is InChI=1S/C13H12N/c1-14-8-4-7-12-11-6-3-2-5-10(11)9-13(12)14/h2-8H,9H2,1H3/q+1. The third-order valence-electron chi connectivity index (χ3n) is 2.97. The van der Waals surface area contributed by atoms with Gasteiger partial charge in [-0.1, -0.05) is 24.3 Å². The van der Waals surface area contributed by atoms with Gasteiger partial charge in [0.1, 0.15) is 7.05 Å². The third-order valence-corrected chi connectivity index (χ3v) is 2.97. The van der Waals surface area contributed by atoms with Crippen molar-refractivity contribution < 1.29 is 4.57 Å². The predicted molar refractivity (Wildman–Crippen MR) is 55.9 cm³/mol. The lowest BCUT2D eigenvalue weighted by Crippen LogP contribution is -2.32. The van der Waals surface area contributed by atoms with Crippen LogP contribution < -0.4 is 4.57 Å². The number of aromatic nitrogens is 1. The normalized spacial score (nSPS) is 12.4. The summed E-state index contributed by atoms with van der Waals surface area (Å²) in [6, 6.07) is 13.0. The maximum atomic E-state index is 2.22. The van der Waals surface area contributed by atoms with Gasteiger partial charge in [-0.25, -0.2) is 4.57 Å². The molecule has 0 fully saturated rings. The number of hydrogen-bond donors (Lipinski definition) is 0. The van der Waals surface area contributed by atoms with Gasteiger partial charge in [-0.2, -0.15) is 0 Å². The Kier molecular flexibility index (Phi) is 1.48. The van der Waals surface area contributed by atoms with Gasteiger partial charge in [-0.3, -0.25) is 0 Å². The van der Waals surface area contributed by atoms with Crippen molar-refractivity contribution in [1.29, 1.82) is 0 Å². The van der Waals surface area contributed by atoms with Crippen molar-refractivity contribution >= 4 is 0 Å². The molecule has 1 heteroatoms. The highest BCUT2D eigenvalue weighted by atomic mass is 14.9. The van der Waals surface area contributed by atoms with Gasteiger partial charge in [0.25, 0.3) is 0 Å². The fraction of sp³-hybridized carbons (Fsp3) is 0.154. The first kappa shape index (κ1) is 7.74. The monoisotopic (exact) mass is 182 g/mol. The number of hydrogen-bond acceptors (Lipinski definition) is 0. The fourth-order valence-electron chi connectivity index (χ4n) is 2.23. The van der Waals surface area contributed by atoms with Crippen LogP contribution in [-0.2, 0) is 13.5 Å². The summed E-state index contributed by atoms with van der Waals surface area (Å²) in [4.78, 5) is 0. The minimum absolute atomic E-state index is 1.07. The smallest absolute Gasteiger partial charge is 0.193 e. The first-order valence-electron chi connectivity index (χ1n) is 4.92. The molecule has 1 aromatic heterocycles. The SMILES string of the molecule is C[n+]1cccc2c1Cc1ccccc1-2. The Morgan fingerprint density at radius 3 is 2.71 bits per heavy atom. The zero-order chi connectivity index (χ0) is 9.54. The minimum Gasteiger partial charge on any atom is -0.204 e. The molecule has 0 aliphatic heterocycles. The molecule has 0 radical (unpaired) electrons. The summed E-state index contributed by atoms with van der Waals surface area (Å²) in [6.07, 6.45) is 3.19. The lowest BCUT2D eigenvalue weighted by atomic mass is 10.1. The summed E-state index contributed by atoms with van der Waals surface area (Å²) in [6.45, 7) is 0. The van der Waals surface area contributed by atoms with E-state index in [1.807, 2.05) is 0 Å². The molecule has 0 unspecified atom stereocenters. The molecule has 2 aromatic rings. The maximum Gasteiger partial charge on any atom is 0.193 e. The lowest BCUT2D eigenvalue weighted by Gasteiger charge is -1.97. The van der Waals surface area contributed by atoms with Crippen LogP contribution in [0.5, 0.6) is 0 Å². The average molecular weight is 182 g/mol. The fourth-order valence-corrected chi connectivity index (χ4v) is 2.23. The van der Waals surface area contributed by atoms with E-state index in [1.165, 1.54) is 22.4 Å². The Bertz CT molecular complexity index is 500. The molecular formula is C13H12N+. The molecule has 0 atom stereocenters. The molecule has 0 saturated carbocycles. The van der Waals surface area contributed by atoms with E-state index in [0.717, 1.165) is 6.42 Å². The second kappa shape index (κ2) is 2.68. The number of rotatable bonds is 0. The highest BCUT2D eigenvalue weighted by Crippen LogP contribution is 2.33. The summed E-state index contributed by atoms with van der Waals surface area (Å²) in [5.41, 5.74) is 5.67. The van der Waals surface area contributed by atoms with Crippen LogP contribution in [0.1, 0.15) is 11.3 Å². The zero-order valence-corrected chi connectivity index (χ0v) is 8.20. The second-order valence-corrected chi connectivity index (χ2v) is 3.81. The summed E-state index contributed by atoms with van der Waals surface area (Å²) in [5.74, 6) is 0. The van der Waals surface area contributed by atoms with E-state index in [9.17, 15) is 0 Å². The molecule has 1 nitrogen and oxygen atoms in total. The van der Waals surface area contributed by atoms with Gasteiger partial charge in [0.05, 0.1) is 6.42 Å². The van der Waals surface area contributed by atoms with Gasteiger partial charge in [-0.05, 0) is 17.2 Å². The van der Waals surface area contributed by atoms with Gasteiger partial charge >= 0.3 is 0 Å². The van der Waals surface area contributed by atoms with Crippen molar-refractivity contribution in [3.05, 3.63) is 53.9 Å². The van der Waals surface area contributed by atoms with E-state index in [-0.39, 0.29) is 0 Å². The first-order valence-corrected chi connectivity index (χ1v) is 4.92. The molecule has 1 aromatic carbocycles. The maximum absolute atomic E-state index is 2.22. The van der Waals surface area contributed by atoms with Crippen LogP contribution in [0.15, 0.2) is 42.6 Å². The van der Waals surface area contributed by atoms with Crippen molar-refractivity contribution in [3.8, 4) is 11.1 Å². The Morgan fingerprint density at radius 2 is 1.79 bits per heavy atom. The second-order valence-electron chi connectivity index (χ2n) is 3.81. The van der Waals surface area contributed by atoms with E-state index in [2.05, 4.69) is 54.2 Å². The van der Waals surface area contributed by atoms with Crippen LogP contribution in [0.3, 0.4) is 0 Å².